The molecule has 0 aliphatic carbocycles. The van der Waals surface area contributed by atoms with Gasteiger partial charge in [-0.25, -0.2) is 4.79 Å². The Morgan fingerprint density at radius 3 is 2.33 bits per heavy atom. The summed E-state index contributed by atoms with van der Waals surface area (Å²) in [6.45, 7) is 7.76. The van der Waals surface area contributed by atoms with Crippen molar-refractivity contribution in [2.24, 2.45) is 0 Å². The van der Waals surface area contributed by atoms with E-state index in [0.717, 1.165) is 6.07 Å². The number of hydrogen-bond donors (Lipinski definition) is 0. The lowest BCUT2D eigenvalue weighted by Crippen LogP contribution is -2.56. The highest BCUT2D eigenvalue weighted by Crippen LogP contribution is 2.35. The van der Waals surface area contributed by atoms with Gasteiger partial charge in [-0.05, 0) is 45.9 Å². The number of alkyl halides is 3. The van der Waals surface area contributed by atoms with Gasteiger partial charge in [-0.3, -0.25) is 4.79 Å². The fraction of sp³-hybridized carbons (Fsp3) is 0.556. The number of piperazine rings is 1. The number of halogens is 4. The second-order valence-electron chi connectivity index (χ2n) is 7.47. The van der Waals surface area contributed by atoms with E-state index in [0.29, 0.717) is 0 Å². The topological polar surface area (TPSA) is 49.9 Å². The first-order valence-corrected chi connectivity index (χ1v) is 9.24. The molecule has 0 aromatic heterocycles. The summed E-state index contributed by atoms with van der Waals surface area (Å²) in [5, 5.41) is 0. The summed E-state index contributed by atoms with van der Waals surface area (Å²) >= 11 is 2.87. The molecule has 2 amide bonds. The smallest absolute Gasteiger partial charge is 0.417 e. The molecule has 0 radical (unpaired) electrons. The first-order chi connectivity index (χ1) is 12.3. The van der Waals surface area contributed by atoms with Crippen LogP contribution in [0.3, 0.4) is 0 Å². The van der Waals surface area contributed by atoms with Crippen molar-refractivity contribution in [2.45, 2.75) is 45.5 Å². The third-order valence-electron chi connectivity index (χ3n) is 4.06. The van der Waals surface area contributed by atoms with Crippen LogP contribution < -0.4 is 0 Å². The number of carbonyl (C=O) groups excluding carboxylic acids is 2. The lowest BCUT2D eigenvalue weighted by atomic mass is 10.1. The van der Waals surface area contributed by atoms with Crippen LogP contribution in [0.2, 0.25) is 0 Å². The van der Waals surface area contributed by atoms with Gasteiger partial charge in [0.2, 0.25) is 0 Å². The van der Waals surface area contributed by atoms with E-state index in [1.807, 2.05) is 0 Å². The molecule has 1 fully saturated rings. The summed E-state index contributed by atoms with van der Waals surface area (Å²) in [5.41, 5.74) is -1.56. The minimum absolute atomic E-state index is 0.0385. The van der Waals surface area contributed by atoms with Crippen LogP contribution in [-0.2, 0) is 10.9 Å². The Hall–Kier alpha value is -1.77. The van der Waals surface area contributed by atoms with Crippen molar-refractivity contribution in [1.29, 1.82) is 0 Å². The van der Waals surface area contributed by atoms with E-state index in [1.165, 1.54) is 21.9 Å². The summed E-state index contributed by atoms with van der Waals surface area (Å²) in [6.07, 6.45) is -5.03. The monoisotopic (exact) mass is 450 g/mol. The standard InChI is InChI=1S/C18H22BrF3N2O3/c1-11-10-23(7-8-24(11)16(26)27-17(2,3)4)15(25)12-5-6-14(19)13(9-12)18(20,21)22/h5-6,9,11H,7-8,10H2,1-4H3. The Morgan fingerprint density at radius 2 is 1.81 bits per heavy atom. The summed E-state index contributed by atoms with van der Waals surface area (Å²) < 4.78 is 44.4. The number of rotatable bonds is 1. The van der Waals surface area contributed by atoms with E-state index >= 15 is 0 Å². The van der Waals surface area contributed by atoms with Crippen LogP contribution in [-0.4, -0.2) is 53.1 Å². The van der Waals surface area contributed by atoms with Gasteiger partial charge in [-0.15, -0.1) is 0 Å². The van der Waals surface area contributed by atoms with E-state index in [2.05, 4.69) is 15.9 Å². The molecule has 1 unspecified atom stereocenters. The number of nitrogens with zero attached hydrogens (tertiary/aromatic N) is 2. The third kappa shape index (κ3) is 5.37. The van der Waals surface area contributed by atoms with Crippen LogP contribution in [0.1, 0.15) is 43.6 Å². The highest BCUT2D eigenvalue weighted by atomic mass is 79.9. The van der Waals surface area contributed by atoms with Gasteiger partial charge in [0.1, 0.15) is 5.60 Å². The van der Waals surface area contributed by atoms with Crippen molar-refractivity contribution < 1.29 is 27.5 Å². The van der Waals surface area contributed by atoms with Crippen LogP contribution in [0.5, 0.6) is 0 Å². The summed E-state index contributed by atoms with van der Waals surface area (Å²) in [5.74, 6) is -0.497. The molecule has 0 spiro atoms. The molecule has 0 saturated carbocycles. The lowest BCUT2D eigenvalue weighted by Gasteiger charge is -2.40. The molecule has 0 bridgehead atoms. The molecular weight excluding hydrogens is 429 g/mol. The molecule has 1 heterocycles. The van der Waals surface area contributed by atoms with Gasteiger partial charge in [0.15, 0.2) is 0 Å². The Bertz CT molecular complexity index is 732. The minimum Gasteiger partial charge on any atom is -0.444 e. The maximum Gasteiger partial charge on any atom is 0.417 e. The Morgan fingerprint density at radius 1 is 1.19 bits per heavy atom. The number of amides is 2. The molecule has 2 rings (SSSR count). The second kappa shape index (κ2) is 7.69. The van der Waals surface area contributed by atoms with E-state index in [9.17, 15) is 22.8 Å². The molecular formula is C18H22BrF3N2O3. The number of carbonyl (C=O) groups is 2. The Kier molecular flexibility index (Phi) is 6.13. The summed E-state index contributed by atoms with van der Waals surface area (Å²) in [7, 11) is 0. The van der Waals surface area contributed by atoms with E-state index in [-0.39, 0.29) is 35.7 Å². The molecule has 1 saturated heterocycles. The van der Waals surface area contributed by atoms with Gasteiger partial charge < -0.3 is 14.5 Å². The molecule has 5 nitrogen and oxygen atoms in total. The lowest BCUT2D eigenvalue weighted by molar-refractivity contribution is -0.138. The second-order valence-corrected chi connectivity index (χ2v) is 8.32. The Labute approximate surface area is 164 Å². The molecule has 27 heavy (non-hydrogen) atoms. The van der Waals surface area contributed by atoms with Crippen LogP contribution in [0.25, 0.3) is 0 Å². The van der Waals surface area contributed by atoms with Gasteiger partial charge in [0.05, 0.1) is 5.56 Å². The molecule has 1 aromatic carbocycles. The van der Waals surface area contributed by atoms with Gasteiger partial charge >= 0.3 is 12.3 Å². The van der Waals surface area contributed by atoms with Crippen molar-refractivity contribution >= 4 is 27.9 Å². The molecule has 150 valence electrons. The van der Waals surface area contributed by atoms with Crippen LogP contribution >= 0.6 is 15.9 Å². The third-order valence-corrected chi connectivity index (χ3v) is 4.75. The molecule has 1 aliphatic rings. The minimum atomic E-state index is -4.56. The summed E-state index contributed by atoms with van der Waals surface area (Å²) in [6, 6.07) is 3.11. The number of hydrogen-bond acceptors (Lipinski definition) is 3. The highest BCUT2D eigenvalue weighted by molar-refractivity contribution is 9.10. The largest absolute Gasteiger partial charge is 0.444 e. The zero-order chi connectivity index (χ0) is 20.6. The first kappa shape index (κ1) is 21.5. The molecule has 1 aromatic rings. The zero-order valence-electron chi connectivity index (χ0n) is 15.6. The SMILES string of the molecule is CC1CN(C(=O)c2ccc(Br)c(C(F)(F)F)c2)CCN1C(=O)OC(C)(C)C. The highest BCUT2D eigenvalue weighted by Gasteiger charge is 2.36. The van der Waals surface area contributed by atoms with Gasteiger partial charge in [0, 0.05) is 35.7 Å². The maximum atomic E-state index is 13.1. The Balaban J connectivity index is 2.11. The van der Waals surface area contributed by atoms with Gasteiger partial charge in [-0.2, -0.15) is 13.2 Å². The van der Waals surface area contributed by atoms with Crippen LogP contribution in [0.4, 0.5) is 18.0 Å². The van der Waals surface area contributed by atoms with Crippen molar-refractivity contribution in [1.82, 2.24) is 9.80 Å². The first-order valence-electron chi connectivity index (χ1n) is 8.45. The fourth-order valence-electron chi connectivity index (χ4n) is 2.79. The van der Waals surface area contributed by atoms with Crippen molar-refractivity contribution in [2.75, 3.05) is 19.6 Å². The molecule has 1 aliphatic heterocycles. The van der Waals surface area contributed by atoms with Crippen molar-refractivity contribution in [3.05, 3.63) is 33.8 Å². The average Bonchev–Trinajstić information content (AvgIpc) is 2.51. The van der Waals surface area contributed by atoms with E-state index < -0.39 is 29.3 Å². The predicted molar refractivity (Wildman–Crippen MR) is 97.4 cm³/mol. The molecule has 1 atom stereocenters. The predicted octanol–water partition coefficient (Wildman–Crippen LogP) is 4.55. The van der Waals surface area contributed by atoms with Crippen molar-refractivity contribution in [3.63, 3.8) is 0 Å². The fourth-order valence-corrected chi connectivity index (χ4v) is 3.26. The average molecular weight is 451 g/mol. The normalized spacial score (nSPS) is 18.4. The van der Waals surface area contributed by atoms with Crippen LogP contribution in [0.15, 0.2) is 22.7 Å². The van der Waals surface area contributed by atoms with E-state index in [4.69, 9.17) is 4.74 Å². The van der Waals surface area contributed by atoms with Gasteiger partial charge in [0.25, 0.3) is 5.91 Å². The van der Waals surface area contributed by atoms with Crippen LogP contribution in [0, 0.1) is 0 Å². The quantitative estimate of drug-likeness (QED) is 0.630. The van der Waals surface area contributed by atoms with Crippen molar-refractivity contribution in [3.8, 4) is 0 Å². The zero-order valence-corrected chi connectivity index (χ0v) is 17.1. The van der Waals surface area contributed by atoms with E-state index in [1.54, 1.807) is 27.7 Å². The number of benzene rings is 1. The number of ether oxygens (including phenoxy) is 1. The molecule has 9 heteroatoms. The summed E-state index contributed by atoms with van der Waals surface area (Å²) in [4.78, 5) is 27.9. The maximum absolute atomic E-state index is 13.1. The molecule has 0 N–H and O–H groups in total. The van der Waals surface area contributed by atoms with Gasteiger partial charge in [-0.1, -0.05) is 15.9 Å².